The van der Waals surface area contributed by atoms with Gasteiger partial charge in [0.25, 0.3) is 0 Å². The molecule has 31 heavy (non-hydrogen) atoms. The Morgan fingerprint density at radius 3 is 2.48 bits per heavy atom. The van der Waals surface area contributed by atoms with Gasteiger partial charge in [-0.25, -0.2) is 4.68 Å². The van der Waals surface area contributed by atoms with Gasteiger partial charge in [0, 0.05) is 11.3 Å². The van der Waals surface area contributed by atoms with Crippen LogP contribution in [0.4, 0.5) is 11.5 Å². The molecule has 9 heteroatoms. The van der Waals surface area contributed by atoms with Gasteiger partial charge < -0.3 is 24.8 Å². The van der Waals surface area contributed by atoms with E-state index in [4.69, 9.17) is 14.2 Å². The van der Waals surface area contributed by atoms with Gasteiger partial charge in [0.1, 0.15) is 17.6 Å². The molecule has 1 aliphatic rings. The second kappa shape index (κ2) is 8.39. The number of amides is 2. The van der Waals surface area contributed by atoms with Crippen molar-refractivity contribution in [3.8, 4) is 28.4 Å². The Hall–Kier alpha value is -4.01. The monoisotopic (exact) mass is 422 g/mol. The van der Waals surface area contributed by atoms with Crippen LogP contribution in [0.2, 0.25) is 0 Å². The van der Waals surface area contributed by atoms with Crippen LogP contribution in [0.1, 0.15) is 12.5 Å². The quantitative estimate of drug-likeness (QED) is 0.633. The lowest BCUT2D eigenvalue weighted by atomic mass is 10.1. The van der Waals surface area contributed by atoms with Gasteiger partial charge in [-0.05, 0) is 42.0 Å². The molecular formula is C22H22N4O5. The number of fused-ring (bicyclic) bond motifs is 1. The van der Waals surface area contributed by atoms with Crippen molar-refractivity contribution in [3.63, 3.8) is 0 Å². The standard InChI is InChI=1S/C22H22N4O5/c1-29-15-7-5-14(6-8-15)24-22(28)17-11-20(27)25-21-16(12-23-26(17)21)13-4-9-18(30-2)19(10-13)31-3/h4-10,12,17H,11H2,1-3H3,(H,24,28)(H,25,27)/t17-/m0/s1. The molecule has 0 spiro atoms. The van der Waals surface area contributed by atoms with Crippen molar-refractivity contribution in [1.29, 1.82) is 0 Å². The largest absolute Gasteiger partial charge is 0.497 e. The van der Waals surface area contributed by atoms with Gasteiger partial charge in [-0.1, -0.05) is 6.07 Å². The highest BCUT2D eigenvalue weighted by Gasteiger charge is 2.33. The first-order valence-electron chi connectivity index (χ1n) is 9.58. The molecule has 0 unspecified atom stereocenters. The molecule has 0 fully saturated rings. The minimum atomic E-state index is -0.778. The maximum atomic E-state index is 12.9. The second-order valence-electron chi connectivity index (χ2n) is 6.91. The maximum absolute atomic E-state index is 12.9. The fourth-order valence-corrected chi connectivity index (χ4v) is 3.49. The van der Waals surface area contributed by atoms with Crippen molar-refractivity contribution >= 4 is 23.3 Å². The molecule has 9 nitrogen and oxygen atoms in total. The Bertz CT molecular complexity index is 1120. The predicted molar refractivity (Wildman–Crippen MR) is 115 cm³/mol. The lowest BCUT2D eigenvalue weighted by molar-refractivity contribution is -0.125. The van der Waals surface area contributed by atoms with Crippen molar-refractivity contribution in [2.45, 2.75) is 12.5 Å². The SMILES string of the molecule is COc1ccc(NC(=O)[C@@H]2CC(=O)Nc3c(-c4ccc(OC)c(OC)c4)cnn32)cc1. The summed E-state index contributed by atoms with van der Waals surface area (Å²) in [7, 11) is 4.69. The van der Waals surface area contributed by atoms with E-state index in [0.29, 0.717) is 34.3 Å². The average Bonchev–Trinajstić information content (AvgIpc) is 3.22. The van der Waals surface area contributed by atoms with E-state index in [1.54, 1.807) is 63.9 Å². The predicted octanol–water partition coefficient (Wildman–Crippen LogP) is 3.10. The van der Waals surface area contributed by atoms with Gasteiger partial charge >= 0.3 is 0 Å². The van der Waals surface area contributed by atoms with Crippen LogP contribution >= 0.6 is 0 Å². The lowest BCUT2D eigenvalue weighted by Gasteiger charge is -2.24. The Labute approximate surface area is 178 Å². The number of ether oxygens (including phenoxy) is 3. The summed E-state index contributed by atoms with van der Waals surface area (Å²) in [6, 6.07) is 11.6. The van der Waals surface area contributed by atoms with E-state index >= 15 is 0 Å². The van der Waals surface area contributed by atoms with Crippen LogP contribution in [0.15, 0.2) is 48.7 Å². The van der Waals surface area contributed by atoms with E-state index in [9.17, 15) is 9.59 Å². The van der Waals surface area contributed by atoms with Crippen LogP contribution in [0.5, 0.6) is 17.2 Å². The molecule has 1 aromatic heterocycles. The molecule has 0 saturated heterocycles. The molecule has 0 radical (unpaired) electrons. The van der Waals surface area contributed by atoms with Crippen molar-refractivity contribution in [3.05, 3.63) is 48.7 Å². The van der Waals surface area contributed by atoms with Crippen LogP contribution in [0.3, 0.4) is 0 Å². The van der Waals surface area contributed by atoms with E-state index in [-0.39, 0.29) is 18.2 Å². The van der Waals surface area contributed by atoms with E-state index in [1.807, 2.05) is 6.07 Å². The second-order valence-corrected chi connectivity index (χ2v) is 6.91. The molecule has 2 heterocycles. The van der Waals surface area contributed by atoms with Crippen LogP contribution in [-0.2, 0) is 9.59 Å². The molecular weight excluding hydrogens is 400 g/mol. The molecule has 0 saturated carbocycles. The van der Waals surface area contributed by atoms with Crippen molar-refractivity contribution < 1.29 is 23.8 Å². The first-order chi connectivity index (χ1) is 15.0. The summed E-state index contributed by atoms with van der Waals surface area (Å²) in [5, 5.41) is 10.1. The molecule has 3 aromatic rings. The molecule has 2 aromatic carbocycles. The van der Waals surface area contributed by atoms with Crippen LogP contribution in [0.25, 0.3) is 11.1 Å². The highest BCUT2D eigenvalue weighted by molar-refractivity contribution is 6.03. The minimum absolute atomic E-state index is 0.0119. The van der Waals surface area contributed by atoms with E-state index in [2.05, 4.69) is 15.7 Å². The van der Waals surface area contributed by atoms with Crippen LogP contribution in [-0.4, -0.2) is 42.9 Å². The Morgan fingerprint density at radius 1 is 1.06 bits per heavy atom. The number of rotatable bonds is 6. The average molecular weight is 422 g/mol. The first-order valence-corrected chi connectivity index (χ1v) is 9.58. The Morgan fingerprint density at radius 2 is 1.81 bits per heavy atom. The highest BCUT2D eigenvalue weighted by atomic mass is 16.5. The van der Waals surface area contributed by atoms with Gasteiger partial charge in [-0.15, -0.1) is 0 Å². The van der Waals surface area contributed by atoms with Crippen molar-refractivity contribution in [2.24, 2.45) is 0 Å². The number of nitrogens with zero attached hydrogens (tertiary/aromatic N) is 2. The number of hydrogen-bond donors (Lipinski definition) is 2. The zero-order chi connectivity index (χ0) is 22.0. The van der Waals surface area contributed by atoms with E-state index in [1.165, 1.54) is 4.68 Å². The number of carbonyl (C=O) groups excluding carboxylic acids is 2. The molecule has 0 bridgehead atoms. The van der Waals surface area contributed by atoms with Gasteiger partial charge in [0.15, 0.2) is 11.5 Å². The number of benzene rings is 2. The van der Waals surface area contributed by atoms with Gasteiger partial charge in [-0.3, -0.25) is 9.59 Å². The Balaban J connectivity index is 1.64. The van der Waals surface area contributed by atoms with Gasteiger partial charge in [0.2, 0.25) is 11.8 Å². The molecule has 2 N–H and O–H groups in total. The molecule has 1 atom stereocenters. The number of nitrogens with one attached hydrogen (secondary N) is 2. The molecule has 1 aliphatic heterocycles. The first kappa shape index (κ1) is 20.3. The zero-order valence-electron chi connectivity index (χ0n) is 17.3. The van der Waals surface area contributed by atoms with E-state index in [0.717, 1.165) is 5.56 Å². The van der Waals surface area contributed by atoms with Crippen molar-refractivity contribution in [2.75, 3.05) is 32.0 Å². The molecule has 0 aliphatic carbocycles. The summed E-state index contributed by atoms with van der Waals surface area (Å²) in [5.74, 6) is 1.69. The van der Waals surface area contributed by atoms with E-state index < -0.39 is 6.04 Å². The summed E-state index contributed by atoms with van der Waals surface area (Å²) in [6.45, 7) is 0. The summed E-state index contributed by atoms with van der Waals surface area (Å²) in [5.41, 5.74) is 2.05. The minimum Gasteiger partial charge on any atom is -0.497 e. The number of hydrogen-bond acceptors (Lipinski definition) is 6. The third-order valence-electron chi connectivity index (χ3n) is 5.08. The van der Waals surface area contributed by atoms with Gasteiger partial charge in [-0.2, -0.15) is 5.10 Å². The molecule has 2 amide bonds. The summed E-state index contributed by atoms with van der Waals surface area (Å²) in [4.78, 5) is 25.3. The smallest absolute Gasteiger partial charge is 0.249 e. The number of aromatic nitrogens is 2. The molecule has 160 valence electrons. The summed E-state index contributed by atoms with van der Waals surface area (Å²) >= 11 is 0. The third-order valence-corrected chi connectivity index (χ3v) is 5.08. The fraction of sp³-hybridized carbons (Fsp3) is 0.227. The highest BCUT2D eigenvalue weighted by Crippen LogP contribution is 2.38. The summed E-state index contributed by atoms with van der Waals surface area (Å²) < 4.78 is 17.3. The zero-order valence-corrected chi connectivity index (χ0v) is 17.3. The normalized spacial score (nSPS) is 14.9. The third kappa shape index (κ3) is 3.89. The lowest BCUT2D eigenvalue weighted by Crippen LogP contribution is -2.35. The number of methoxy groups -OCH3 is 3. The maximum Gasteiger partial charge on any atom is 0.249 e. The number of anilines is 2. The van der Waals surface area contributed by atoms with Crippen LogP contribution in [0, 0.1) is 0 Å². The fourth-order valence-electron chi connectivity index (χ4n) is 3.49. The van der Waals surface area contributed by atoms with Gasteiger partial charge in [0.05, 0.1) is 33.9 Å². The molecule has 4 rings (SSSR count). The Kier molecular flexibility index (Phi) is 5.48. The van der Waals surface area contributed by atoms with Crippen LogP contribution < -0.4 is 24.8 Å². The topological polar surface area (TPSA) is 104 Å². The van der Waals surface area contributed by atoms with Crippen molar-refractivity contribution in [1.82, 2.24) is 9.78 Å². The summed E-state index contributed by atoms with van der Waals surface area (Å²) in [6.07, 6.45) is 1.61. The number of carbonyl (C=O) groups is 2.